The highest BCUT2D eigenvalue weighted by atomic mass is 28.4. The molecule has 0 amide bonds. The maximum absolute atomic E-state index is 6.25. The third-order valence-electron chi connectivity index (χ3n) is 2.79. The Labute approximate surface area is 123 Å². The Kier molecular flexibility index (Phi) is 4.80. The normalized spacial score (nSPS) is 12.2. The molecule has 0 spiro atoms. The fourth-order valence-electron chi connectivity index (χ4n) is 2.04. The maximum atomic E-state index is 6.25. The van der Waals surface area contributed by atoms with Gasteiger partial charge in [-0.25, -0.2) is 0 Å². The summed E-state index contributed by atoms with van der Waals surface area (Å²) in [4.78, 5) is 0. The van der Waals surface area contributed by atoms with Crippen molar-refractivity contribution in [1.82, 2.24) is 0 Å². The molecule has 20 heavy (non-hydrogen) atoms. The van der Waals surface area contributed by atoms with Crippen LogP contribution in [0.25, 0.3) is 6.08 Å². The molecule has 0 radical (unpaired) electrons. The molecule has 0 unspecified atom stereocenters. The summed E-state index contributed by atoms with van der Waals surface area (Å²) < 4.78 is 6.25. The van der Waals surface area contributed by atoms with E-state index in [1.807, 2.05) is 12.1 Å². The Bertz CT molecular complexity index is 553. The Morgan fingerprint density at radius 3 is 2.00 bits per heavy atom. The van der Waals surface area contributed by atoms with Gasteiger partial charge in [-0.2, -0.15) is 0 Å². The standard InChI is InChI=1S/C18H22OSi/c1-20(2,3)19-18(14-16-10-6-4-7-11-16)15-17-12-8-5-9-13-17/h4-14H,15H2,1-3H3. The van der Waals surface area contributed by atoms with Crippen LogP contribution in [0, 0.1) is 0 Å². The van der Waals surface area contributed by atoms with E-state index < -0.39 is 8.32 Å². The lowest BCUT2D eigenvalue weighted by molar-refractivity contribution is 0.415. The molecule has 2 aromatic rings. The molecule has 0 heterocycles. The van der Waals surface area contributed by atoms with Crippen LogP contribution < -0.4 is 0 Å². The minimum atomic E-state index is -1.60. The fourth-order valence-corrected chi connectivity index (χ4v) is 2.96. The average molecular weight is 282 g/mol. The lowest BCUT2D eigenvalue weighted by atomic mass is 10.1. The zero-order valence-electron chi connectivity index (χ0n) is 12.5. The topological polar surface area (TPSA) is 9.23 Å². The largest absolute Gasteiger partial charge is 0.547 e. The van der Waals surface area contributed by atoms with Crippen LogP contribution in [0.1, 0.15) is 11.1 Å². The highest BCUT2D eigenvalue weighted by molar-refractivity contribution is 6.70. The van der Waals surface area contributed by atoms with Crippen LogP contribution in [0.4, 0.5) is 0 Å². The molecule has 0 aliphatic heterocycles. The van der Waals surface area contributed by atoms with Gasteiger partial charge in [0.15, 0.2) is 0 Å². The van der Waals surface area contributed by atoms with Crippen LogP contribution in [0.15, 0.2) is 66.4 Å². The maximum Gasteiger partial charge on any atom is 0.241 e. The Hall–Kier alpha value is -1.80. The molecule has 0 aliphatic rings. The van der Waals surface area contributed by atoms with Gasteiger partial charge in [0.1, 0.15) is 0 Å². The summed E-state index contributed by atoms with van der Waals surface area (Å²) in [5.41, 5.74) is 2.48. The SMILES string of the molecule is C[Si](C)(C)OC(=Cc1ccccc1)Cc1ccccc1. The number of allylic oxidation sites excluding steroid dienone is 1. The van der Waals surface area contributed by atoms with E-state index in [9.17, 15) is 0 Å². The second-order valence-electron chi connectivity index (χ2n) is 5.90. The summed E-state index contributed by atoms with van der Waals surface area (Å²) in [5, 5.41) is 0. The van der Waals surface area contributed by atoms with Crippen LogP contribution >= 0.6 is 0 Å². The summed E-state index contributed by atoms with van der Waals surface area (Å²) in [7, 11) is -1.60. The number of hydrogen-bond acceptors (Lipinski definition) is 1. The first kappa shape index (κ1) is 14.6. The molecule has 2 aromatic carbocycles. The molecule has 0 fully saturated rings. The predicted molar refractivity (Wildman–Crippen MR) is 89.0 cm³/mol. The van der Waals surface area contributed by atoms with Gasteiger partial charge in [0.25, 0.3) is 0 Å². The van der Waals surface area contributed by atoms with Crippen molar-refractivity contribution >= 4 is 14.4 Å². The van der Waals surface area contributed by atoms with Gasteiger partial charge in [-0.3, -0.25) is 0 Å². The predicted octanol–water partition coefficient (Wildman–Crippen LogP) is 5.12. The zero-order chi connectivity index (χ0) is 14.4. The van der Waals surface area contributed by atoms with E-state index in [0.29, 0.717) is 0 Å². The molecule has 0 aromatic heterocycles. The summed E-state index contributed by atoms with van der Waals surface area (Å²) in [5.74, 6) is 1.06. The quantitative estimate of drug-likeness (QED) is 0.546. The third kappa shape index (κ3) is 5.06. The lowest BCUT2D eigenvalue weighted by Crippen LogP contribution is -2.25. The minimum Gasteiger partial charge on any atom is -0.547 e. The van der Waals surface area contributed by atoms with E-state index in [2.05, 4.69) is 74.2 Å². The molecular weight excluding hydrogens is 260 g/mol. The van der Waals surface area contributed by atoms with Crippen LogP contribution in [-0.4, -0.2) is 8.32 Å². The van der Waals surface area contributed by atoms with Crippen LogP contribution in [-0.2, 0) is 10.8 Å². The van der Waals surface area contributed by atoms with E-state index in [1.54, 1.807) is 0 Å². The Morgan fingerprint density at radius 2 is 1.45 bits per heavy atom. The van der Waals surface area contributed by atoms with E-state index >= 15 is 0 Å². The second kappa shape index (κ2) is 6.57. The summed E-state index contributed by atoms with van der Waals surface area (Å²) in [6.45, 7) is 6.66. The van der Waals surface area contributed by atoms with Crippen molar-refractivity contribution in [3.8, 4) is 0 Å². The van der Waals surface area contributed by atoms with E-state index in [0.717, 1.165) is 12.2 Å². The summed E-state index contributed by atoms with van der Waals surface area (Å²) in [6, 6.07) is 20.8. The van der Waals surface area contributed by atoms with Gasteiger partial charge in [-0.15, -0.1) is 0 Å². The molecule has 0 saturated carbocycles. The molecule has 0 saturated heterocycles. The van der Waals surface area contributed by atoms with Crippen molar-refractivity contribution < 1.29 is 4.43 Å². The van der Waals surface area contributed by atoms with Gasteiger partial charge in [0, 0.05) is 6.42 Å². The van der Waals surface area contributed by atoms with Crippen molar-refractivity contribution in [2.45, 2.75) is 26.1 Å². The van der Waals surface area contributed by atoms with Gasteiger partial charge in [0.2, 0.25) is 8.32 Å². The molecule has 2 heteroatoms. The van der Waals surface area contributed by atoms with Crippen molar-refractivity contribution in [2.75, 3.05) is 0 Å². The molecule has 0 bridgehead atoms. The van der Waals surface area contributed by atoms with Gasteiger partial charge in [0.05, 0.1) is 5.76 Å². The third-order valence-corrected chi connectivity index (χ3v) is 3.66. The number of benzene rings is 2. The van der Waals surface area contributed by atoms with Gasteiger partial charge < -0.3 is 4.43 Å². The van der Waals surface area contributed by atoms with E-state index in [-0.39, 0.29) is 0 Å². The minimum absolute atomic E-state index is 0.847. The molecule has 1 nitrogen and oxygen atoms in total. The van der Waals surface area contributed by atoms with Crippen LogP contribution in [0.3, 0.4) is 0 Å². The van der Waals surface area contributed by atoms with Crippen molar-refractivity contribution in [2.24, 2.45) is 0 Å². The molecule has 104 valence electrons. The number of rotatable bonds is 5. The smallest absolute Gasteiger partial charge is 0.241 e. The highest BCUT2D eigenvalue weighted by Gasteiger charge is 2.17. The van der Waals surface area contributed by atoms with E-state index in [1.165, 1.54) is 11.1 Å². The first-order chi connectivity index (χ1) is 9.53. The molecule has 0 atom stereocenters. The second-order valence-corrected chi connectivity index (χ2v) is 10.3. The van der Waals surface area contributed by atoms with E-state index in [4.69, 9.17) is 4.43 Å². The molecule has 0 N–H and O–H groups in total. The van der Waals surface area contributed by atoms with Gasteiger partial charge in [-0.05, 0) is 36.8 Å². The zero-order valence-corrected chi connectivity index (χ0v) is 13.5. The Morgan fingerprint density at radius 1 is 0.900 bits per heavy atom. The highest BCUT2D eigenvalue weighted by Crippen LogP contribution is 2.18. The monoisotopic (exact) mass is 282 g/mol. The van der Waals surface area contributed by atoms with Crippen LogP contribution in [0.2, 0.25) is 19.6 Å². The first-order valence-electron chi connectivity index (χ1n) is 7.01. The summed E-state index contributed by atoms with van der Waals surface area (Å²) in [6.07, 6.45) is 3.01. The van der Waals surface area contributed by atoms with Crippen LogP contribution in [0.5, 0.6) is 0 Å². The van der Waals surface area contributed by atoms with Gasteiger partial charge >= 0.3 is 0 Å². The molecular formula is C18H22OSi. The fraction of sp³-hybridized carbons (Fsp3) is 0.222. The molecule has 2 rings (SSSR count). The average Bonchev–Trinajstić information content (AvgIpc) is 2.39. The molecule has 0 aliphatic carbocycles. The number of hydrogen-bond donors (Lipinski definition) is 0. The lowest BCUT2D eigenvalue weighted by Gasteiger charge is -2.22. The van der Waals surface area contributed by atoms with Crippen molar-refractivity contribution in [3.63, 3.8) is 0 Å². The van der Waals surface area contributed by atoms with Crippen molar-refractivity contribution in [1.29, 1.82) is 0 Å². The van der Waals surface area contributed by atoms with Crippen molar-refractivity contribution in [3.05, 3.63) is 77.5 Å². The Balaban J connectivity index is 2.23. The summed E-state index contributed by atoms with van der Waals surface area (Å²) >= 11 is 0. The van der Waals surface area contributed by atoms with Gasteiger partial charge in [-0.1, -0.05) is 60.7 Å². The first-order valence-corrected chi connectivity index (χ1v) is 10.4.